The Hall–Kier alpha value is -3.51. The number of hydrogen-bond acceptors (Lipinski definition) is 6. The second kappa shape index (κ2) is 10.0. The quantitative estimate of drug-likeness (QED) is 0.288. The standard InChI is InChI=1S/C36H42O6/c1-8-22-9-11-23(12-10-22)13-14-24-15-16-26(38)28-25(24)17-34(6)18-35(7)29(19(2)3)20(4)27(21(5)37)32(40)36(35,42)33(41)30(34)31(28)39/h9-12,15-16,19,29,38-39,42H,8,13-14,17-18H2,1-7H3/t29-,34+,35+,36-/m1/s1. The molecule has 4 atom stereocenters. The molecule has 3 N–H and O–H groups in total. The summed E-state index contributed by atoms with van der Waals surface area (Å²) < 4.78 is 0. The topological polar surface area (TPSA) is 112 Å². The first-order valence-electron chi connectivity index (χ1n) is 15.0. The molecular weight excluding hydrogens is 528 g/mol. The van der Waals surface area contributed by atoms with Crippen molar-refractivity contribution in [1.82, 2.24) is 0 Å². The molecule has 1 saturated carbocycles. The molecule has 6 heteroatoms. The van der Waals surface area contributed by atoms with Crippen LogP contribution in [0.25, 0.3) is 5.76 Å². The number of ketones is 3. The molecule has 0 heterocycles. The summed E-state index contributed by atoms with van der Waals surface area (Å²) >= 11 is 0. The number of Topliss-reactive ketones (excluding diaryl/α,β-unsaturated/α-hetero) is 3. The lowest BCUT2D eigenvalue weighted by atomic mass is 9.42. The van der Waals surface area contributed by atoms with Crippen LogP contribution in [0.1, 0.15) is 82.7 Å². The molecule has 0 aromatic heterocycles. The van der Waals surface area contributed by atoms with E-state index in [1.165, 1.54) is 24.1 Å². The lowest BCUT2D eigenvalue weighted by molar-refractivity contribution is -0.180. The van der Waals surface area contributed by atoms with E-state index >= 15 is 0 Å². The number of fused-ring (bicyclic) bond motifs is 3. The SMILES string of the molecule is CCc1ccc(CCc2ccc(O)c3c2C[C@@]2(C)C[C@@]4(C)[C@H](C(C)C)C(C)=C(C(C)=O)C(=O)[C@@]4(O)C(=O)C2=C3O)cc1. The third-order valence-corrected chi connectivity index (χ3v) is 10.4. The number of allylic oxidation sites excluding steroid dienone is 1. The van der Waals surface area contributed by atoms with Crippen molar-refractivity contribution in [2.24, 2.45) is 22.7 Å². The molecule has 5 rings (SSSR count). The summed E-state index contributed by atoms with van der Waals surface area (Å²) in [4.78, 5) is 41.1. The zero-order valence-electron chi connectivity index (χ0n) is 25.7. The average Bonchev–Trinajstić information content (AvgIpc) is 2.90. The van der Waals surface area contributed by atoms with Crippen molar-refractivity contribution >= 4 is 23.1 Å². The molecule has 3 aliphatic carbocycles. The minimum Gasteiger partial charge on any atom is -0.507 e. The van der Waals surface area contributed by atoms with Gasteiger partial charge in [-0.3, -0.25) is 14.4 Å². The van der Waals surface area contributed by atoms with Crippen LogP contribution in [0.2, 0.25) is 0 Å². The van der Waals surface area contributed by atoms with Crippen LogP contribution in [-0.2, 0) is 40.1 Å². The highest BCUT2D eigenvalue weighted by atomic mass is 16.3. The number of aromatic hydroxyl groups is 1. The molecule has 3 aliphatic rings. The van der Waals surface area contributed by atoms with Gasteiger partial charge in [0.15, 0.2) is 11.4 Å². The van der Waals surface area contributed by atoms with E-state index in [1.807, 2.05) is 26.8 Å². The molecule has 0 saturated heterocycles. The van der Waals surface area contributed by atoms with Gasteiger partial charge >= 0.3 is 0 Å². The van der Waals surface area contributed by atoms with Crippen LogP contribution in [0.4, 0.5) is 0 Å². The number of carbonyl (C=O) groups is 3. The number of hydrogen-bond donors (Lipinski definition) is 3. The largest absolute Gasteiger partial charge is 0.507 e. The van der Waals surface area contributed by atoms with Gasteiger partial charge in [0.1, 0.15) is 11.5 Å². The van der Waals surface area contributed by atoms with Gasteiger partial charge in [-0.1, -0.05) is 70.5 Å². The van der Waals surface area contributed by atoms with Crippen LogP contribution >= 0.6 is 0 Å². The van der Waals surface area contributed by atoms with Crippen LogP contribution in [0, 0.1) is 22.7 Å². The van der Waals surface area contributed by atoms with E-state index in [4.69, 9.17) is 0 Å². The van der Waals surface area contributed by atoms with Gasteiger partial charge in [0.05, 0.1) is 11.1 Å². The highest BCUT2D eigenvalue weighted by Crippen LogP contribution is 2.65. The van der Waals surface area contributed by atoms with Crippen molar-refractivity contribution < 1.29 is 29.7 Å². The first kappa shape index (κ1) is 30.0. The number of rotatable bonds is 6. The molecule has 42 heavy (non-hydrogen) atoms. The van der Waals surface area contributed by atoms with Crippen LogP contribution in [0.5, 0.6) is 5.75 Å². The zero-order chi connectivity index (χ0) is 30.9. The van der Waals surface area contributed by atoms with Gasteiger partial charge in [0, 0.05) is 16.4 Å². The van der Waals surface area contributed by atoms with Gasteiger partial charge in [-0.05, 0) is 86.1 Å². The molecule has 2 aromatic rings. The summed E-state index contributed by atoms with van der Waals surface area (Å²) in [6.45, 7) is 12.8. The monoisotopic (exact) mass is 570 g/mol. The number of benzene rings is 2. The Morgan fingerprint density at radius 1 is 0.976 bits per heavy atom. The molecular formula is C36H42O6. The lowest BCUT2D eigenvalue weighted by Gasteiger charge is -2.60. The predicted octanol–water partition coefficient (Wildman–Crippen LogP) is 6.04. The highest BCUT2D eigenvalue weighted by Gasteiger charge is 2.72. The number of aliphatic hydroxyl groups is 2. The van der Waals surface area contributed by atoms with Crippen molar-refractivity contribution in [3.63, 3.8) is 0 Å². The van der Waals surface area contributed by atoms with E-state index in [2.05, 4.69) is 31.2 Å². The van der Waals surface area contributed by atoms with Gasteiger partial charge in [-0.2, -0.15) is 0 Å². The third kappa shape index (κ3) is 4.05. The highest BCUT2D eigenvalue weighted by molar-refractivity contribution is 6.33. The molecule has 0 unspecified atom stereocenters. The molecule has 0 aliphatic heterocycles. The number of aryl methyl sites for hydroxylation is 3. The molecule has 0 bridgehead atoms. The lowest BCUT2D eigenvalue weighted by Crippen LogP contribution is -2.70. The fourth-order valence-electron chi connectivity index (χ4n) is 8.76. The first-order valence-corrected chi connectivity index (χ1v) is 15.0. The van der Waals surface area contributed by atoms with Crippen molar-refractivity contribution in [3.8, 4) is 5.75 Å². The van der Waals surface area contributed by atoms with Crippen LogP contribution in [-0.4, -0.2) is 38.3 Å². The second-order valence-corrected chi connectivity index (χ2v) is 13.5. The summed E-state index contributed by atoms with van der Waals surface area (Å²) in [7, 11) is 0. The maximum Gasteiger partial charge on any atom is 0.206 e. The predicted molar refractivity (Wildman–Crippen MR) is 162 cm³/mol. The van der Waals surface area contributed by atoms with Crippen molar-refractivity contribution in [1.29, 1.82) is 0 Å². The Morgan fingerprint density at radius 2 is 1.60 bits per heavy atom. The summed E-state index contributed by atoms with van der Waals surface area (Å²) in [5.41, 5.74) is 0.187. The molecule has 1 fully saturated rings. The summed E-state index contributed by atoms with van der Waals surface area (Å²) in [5, 5.41) is 34.9. The van der Waals surface area contributed by atoms with Gasteiger partial charge in [0.25, 0.3) is 0 Å². The summed E-state index contributed by atoms with van der Waals surface area (Å²) in [5.74, 6) is -3.29. The number of phenolic OH excluding ortho intramolecular Hbond substituents is 1. The average molecular weight is 571 g/mol. The van der Waals surface area contributed by atoms with E-state index in [0.29, 0.717) is 18.4 Å². The Balaban J connectivity index is 1.66. The molecule has 0 radical (unpaired) electrons. The van der Waals surface area contributed by atoms with Gasteiger partial charge in [-0.25, -0.2) is 0 Å². The van der Waals surface area contributed by atoms with E-state index < -0.39 is 45.5 Å². The fourth-order valence-corrected chi connectivity index (χ4v) is 8.76. The fraction of sp³-hybridized carbons (Fsp3) is 0.472. The van der Waals surface area contributed by atoms with Crippen molar-refractivity contribution in [2.45, 2.75) is 86.2 Å². The Morgan fingerprint density at radius 3 is 2.17 bits per heavy atom. The normalized spacial score (nSPS) is 29.0. The van der Waals surface area contributed by atoms with E-state index in [0.717, 1.165) is 24.0 Å². The molecule has 222 valence electrons. The number of aliphatic hydroxyl groups excluding tert-OH is 1. The maximum atomic E-state index is 14.5. The number of carbonyl (C=O) groups excluding carboxylic acids is 3. The molecule has 6 nitrogen and oxygen atoms in total. The molecule has 2 aromatic carbocycles. The maximum absolute atomic E-state index is 14.5. The van der Waals surface area contributed by atoms with E-state index in [1.54, 1.807) is 13.8 Å². The zero-order valence-corrected chi connectivity index (χ0v) is 25.7. The number of phenols is 1. The van der Waals surface area contributed by atoms with Gasteiger partial charge in [0.2, 0.25) is 11.6 Å². The smallest absolute Gasteiger partial charge is 0.206 e. The first-order chi connectivity index (χ1) is 19.6. The summed E-state index contributed by atoms with van der Waals surface area (Å²) in [6, 6.07) is 11.9. The minimum absolute atomic E-state index is 0.0455. The van der Waals surface area contributed by atoms with Crippen LogP contribution < -0.4 is 0 Å². The minimum atomic E-state index is -2.51. The molecule has 0 spiro atoms. The van der Waals surface area contributed by atoms with Gasteiger partial charge < -0.3 is 15.3 Å². The summed E-state index contributed by atoms with van der Waals surface area (Å²) in [6.07, 6.45) is 3.02. The Labute approximate surface area is 248 Å². The Kier molecular flexibility index (Phi) is 7.17. The van der Waals surface area contributed by atoms with Gasteiger partial charge in [-0.15, -0.1) is 0 Å². The Bertz CT molecular complexity index is 1570. The van der Waals surface area contributed by atoms with Crippen molar-refractivity contribution in [2.75, 3.05) is 0 Å². The van der Waals surface area contributed by atoms with Crippen molar-refractivity contribution in [3.05, 3.63) is 80.9 Å². The van der Waals surface area contributed by atoms with Crippen LogP contribution in [0.15, 0.2) is 53.1 Å². The molecule has 0 amide bonds. The second-order valence-electron chi connectivity index (χ2n) is 13.5. The third-order valence-electron chi connectivity index (χ3n) is 10.4. The van der Waals surface area contributed by atoms with E-state index in [-0.39, 0.29) is 34.8 Å². The van der Waals surface area contributed by atoms with E-state index in [9.17, 15) is 29.7 Å². The van der Waals surface area contributed by atoms with Crippen LogP contribution in [0.3, 0.4) is 0 Å².